The maximum atomic E-state index is 6.30. The topological polar surface area (TPSA) is 9.23 Å². The third kappa shape index (κ3) is 5.14. The van der Waals surface area contributed by atoms with Crippen molar-refractivity contribution in [2.45, 2.75) is 59.8 Å². The highest BCUT2D eigenvalue weighted by Gasteiger charge is 2.18. The lowest BCUT2D eigenvalue weighted by Crippen LogP contribution is -2.16. The molecule has 1 heteroatoms. The van der Waals surface area contributed by atoms with Crippen molar-refractivity contribution in [2.75, 3.05) is 6.61 Å². The molecule has 1 atom stereocenters. The summed E-state index contributed by atoms with van der Waals surface area (Å²) in [5.41, 5.74) is 7.98. The molecule has 0 spiro atoms. The molecule has 0 saturated heterocycles. The van der Waals surface area contributed by atoms with Gasteiger partial charge < -0.3 is 4.74 Å². The zero-order chi connectivity index (χ0) is 21.9. The van der Waals surface area contributed by atoms with Crippen molar-refractivity contribution in [3.05, 3.63) is 89.0 Å². The van der Waals surface area contributed by atoms with Crippen molar-refractivity contribution < 1.29 is 4.74 Å². The molecule has 158 valence electrons. The summed E-state index contributed by atoms with van der Waals surface area (Å²) >= 11 is 0. The van der Waals surface area contributed by atoms with Gasteiger partial charge in [0, 0.05) is 5.92 Å². The summed E-state index contributed by atoms with van der Waals surface area (Å²) in [7, 11) is 0. The van der Waals surface area contributed by atoms with E-state index in [-0.39, 0.29) is 5.41 Å². The minimum Gasteiger partial charge on any atom is -0.493 e. The van der Waals surface area contributed by atoms with Gasteiger partial charge in [-0.25, -0.2) is 0 Å². The van der Waals surface area contributed by atoms with Gasteiger partial charge >= 0.3 is 0 Å². The Morgan fingerprint density at radius 3 is 1.87 bits per heavy atom. The highest BCUT2D eigenvalue weighted by Crippen LogP contribution is 2.33. The Morgan fingerprint density at radius 1 is 0.800 bits per heavy atom. The highest BCUT2D eigenvalue weighted by atomic mass is 16.5. The van der Waals surface area contributed by atoms with E-state index in [1.165, 1.54) is 33.4 Å². The Morgan fingerprint density at radius 2 is 1.37 bits per heavy atom. The van der Waals surface area contributed by atoms with Crippen LogP contribution in [0.2, 0.25) is 0 Å². The van der Waals surface area contributed by atoms with Crippen LogP contribution >= 0.6 is 0 Å². The average molecular weight is 401 g/mol. The first-order valence-electron chi connectivity index (χ1n) is 11.1. The van der Waals surface area contributed by atoms with E-state index in [1.54, 1.807) is 0 Å². The SMILES string of the molecule is Cc1cc(OCC(c2ccccc2)C(C)C)cc(C)c1-c1ccc(C(C)(C)C)cc1. The van der Waals surface area contributed by atoms with E-state index < -0.39 is 0 Å². The van der Waals surface area contributed by atoms with Crippen LogP contribution < -0.4 is 4.74 Å². The number of aryl methyl sites for hydroxylation is 2. The summed E-state index contributed by atoms with van der Waals surface area (Å²) in [4.78, 5) is 0. The van der Waals surface area contributed by atoms with Gasteiger partial charge in [-0.3, -0.25) is 0 Å². The Hall–Kier alpha value is -2.54. The highest BCUT2D eigenvalue weighted by molar-refractivity contribution is 5.72. The molecule has 3 rings (SSSR count). The molecular formula is C29H36O. The molecule has 1 unspecified atom stereocenters. The van der Waals surface area contributed by atoms with Gasteiger partial charge in [0.05, 0.1) is 6.61 Å². The fourth-order valence-corrected chi connectivity index (χ4v) is 4.16. The largest absolute Gasteiger partial charge is 0.493 e. The molecule has 0 heterocycles. The van der Waals surface area contributed by atoms with Crippen molar-refractivity contribution in [3.8, 4) is 16.9 Å². The number of hydrogen-bond acceptors (Lipinski definition) is 1. The number of ether oxygens (including phenoxy) is 1. The number of hydrogen-bond donors (Lipinski definition) is 0. The first kappa shape index (κ1) is 22.2. The van der Waals surface area contributed by atoms with Gasteiger partial charge in [0.1, 0.15) is 5.75 Å². The van der Waals surface area contributed by atoms with Gasteiger partial charge in [-0.1, -0.05) is 89.2 Å². The summed E-state index contributed by atoms with van der Waals surface area (Å²) < 4.78 is 6.30. The van der Waals surface area contributed by atoms with Crippen LogP contribution in [0, 0.1) is 19.8 Å². The second-order valence-electron chi connectivity index (χ2n) is 9.83. The van der Waals surface area contributed by atoms with Gasteiger partial charge in [-0.15, -0.1) is 0 Å². The average Bonchev–Trinajstić information content (AvgIpc) is 2.68. The first-order chi connectivity index (χ1) is 14.2. The summed E-state index contributed by atoms with van der Waals surface area (Å²) in [5, 5.41) is 0. The summed E-state index contributed by atoms with van der Waals surface area (Å²) in [6.07, 6.45) is 0. The maximum Gasteiger partial charge on any atom is 0.119 e. The Labute approximate surface area is 183 Å². The normalized spacial score (nSPS) is 12.8. The monoisotopic (exact) mass is 400 g/mol. The summed E-state index contributed by atoms with van der Waals surface area (Å²) in [6, 6.07) is 24.1. The Bertz CT molecular complexity index is 936. The molecule has 0 saturated carbocycles. The molecule has 0 N–H and O–H groups in total. The molecule has 3 aromatic carbocycles. The van der Waals surface area contributed by atoms with E-state index >= 15 is 0 Å². The van der Waals surface area contributed by atoms with E-state index in [2.05, 4.69) is 115 Å². The van der Waals surface area contributed by atoms with Gasteiger partial charge in [0.15, 0.2) is 0 Å². The molecule has 0 aliphatic carbocycles. The summed E-state index contributed by atoms with van der Waals surface area (Å²) in [6.45, 7) is 16.4. The van der Waals surface area contributed by atoms with E-state index in [0.29, 0.717) is 18.4 Å². The molecular weight excluding hydrogens is 364 g/mol. The van der Waals surface area contributed by atoms with Crippen LogP contribution in [-0.2, 0) is 5.41 Å². The van der Waals surface area contributed by atoms with Crippen LogP contribution in [0.3, 0.4) is 0 Å². The molecule has 0 aromatic heterocycles. The van der Waals surface area contributed by atoms with Crippen LogP contribution in [0.1, 0.15) is 62.8 Å². The summed E-state index contributed by atoms with van der Waals surface area (Å²) in [5.74, 6) is 1.87. The Balaban J connectivity index is 1.81. The second kappa shape index (κ2) is 9.08. The lowest BCUT2D eigenvalue weighted by molar-refractivity contribution is 0.258. The quantitative estimate of drug-likeness (QED) is 0.406. The zero-order valence-corrected chi connectivity index (χ0v) is 19.6. The standard InChI is InChI=1S/C29H36O/c1-20(2)27(23-11-9-8-10-12-23)19-30-26-17-21(3)28(22(4)18-26)24-13-15-25(16-14-24)29(5,6)7/h8-18,20,27H,19H2,1-7H3. The van der Waals surface area contributed by atoms with Crippen LogP contribution in [0.25, 0.3) is 11.1 Å². The van der Waals surface area contributed by atoms with Crippen molar-refractivity contribution in [1.82, 2.24) is 0 Å². The first-order valence-corrected chi connectivity index (χ1v) is 11.1. The van der Waals surface area contributed by atoms with E-state index in [9.17, 15) is 0 Å². The molecule has 0 bridgehead atoms. The van der Waals surface area contributed by atoms with Crippen LogP contribution in [0.4, 0.5) is 0 Å². The minimum atomic E-state index is 0.173. The third-order valence-electron chi connectivity index (χ3n) is 6.01. The molecule has 0 aliphatic heterocycles. The van der Waals surface area contributed by atoms with E-state index in [1.807, 2.05) is 0 Å². The van der Waals surface area contributed by atoms with Crippen molar-refractivity contribution in [3.63, 3.8) is 0 Å². The zero-order valence-electron chi connectivity index (χ0n) is 19.6. The molecule has 0 fully saturated rings. The molecule has 0 radical (unpaired) electrons. The number of benzene rings is 3. The fraction of sp³-hybridized carbons (Fsp3) is 0.379. The van der Waals surface area contributed by atoms with E-state index in [0.717, 1.165) is 5.75 Å². The third-order valence-corrected chi connectivity index (χ3v) is 6.01. The van der Waals surface area contributed by atoms with Gasteiger partial charge in [0.25, 0.3) is 0 Å². The van der Waals surface area contributed by atoms with E-state index in [4.69, 9.17) is 4.74 Å². The molecule has 0 aliphatic rings. The molecule has 3 aromatic rings. The lowest BCUT2D eigenvalue weighted by atomic mass is 9.85. The number of rotatable bonds is 6. The molecule has 0 amide bonds. The van der Waals surface area contributed by atoms with Crippen molar-refractivity contribution in [2.24, 2.45) is 5.92 Å². The Kier molecular flexibility index (Phi) is 6.71. The predicted octanol–water partition coefficient (Wildman–Crippen LogP) is 8.09. The van der Waals surface area contributed by atoms with Crippen LogP contribution in [0.15, 0.2) is 66.7 Å². The van der Waals surface area contributed by atoms with Gasteiger partial charge in [-0.2, -0.15) is 0 Å². The van der Waals surface area contributed by atoms with Crippen molar-refractivity contribution in [1.29, 1.82) is 0 Å². The smallest absolute Gasteiger partial charge is 0.119 e. The predicted molar refractivity (Wildman–Crippen MR) is 130 cm³/mol. The second-order valence-corrected chi connectivity index (χ2v) is 9.83. The van der Waals surface area contributed by atoms with Crippen LogP contribution in [-0.4, -0.2) is 6.61 Å². The molecule has 30 heavy (non-hydrogen) atoms. The van der Waals surface area contributed by atoms with Crippen LogP contribution in [0.5, 0.6) is 5.75 Å². The fourth-order valence-electron chi connectivity index (χ4n) is 4.16. The molecule has 1 nitrogen and oxygen atoms in total. The minimum absolute atomic E-state index is 0.173. The van der Waals surface area contributed by atoms with Gasteiger partial charge in [0.2, 0.25) is 0 Å². The lowest BCUT2D eigenvalue weighted by Gasteiger charge is -2.23. The maximum absolute atomic E-state index is 6.30. The van der Waals surface area contributed by atoms with Gasteiger partial charge in [-0.05, 0) is 70.7 Å². The van der Waals surface area contributed by atoms with Crippen molar-refractivity contribution >= 4 is 0 Å².